The number of nitrogens with one attached hydrogen (secondary N) is 2. The Labute approximate surface area is 207 Å². The number of aliphatic carboxylic acids is 1. The zero-order valence-corrected chi connectivity index (χ0v) is 20.8. The molecule has 188 valence electrons. The third-order valence-electron chi connectivity index (χ3n) is 6.61. The molecule has 0 spiro atoms. The van der Waals surface area contributed by atoms with Crippen molar-refractivity contribution in [2.75, 3.05) is 13.2 Å². The van der Waals surface area contributed by atoms with Gasteiger partial charge in [-0.05, 0) is 54.9 Å². The lowest BCUT2D eigenvalue weighted by Crippen LogP contribution is -2.47. The Morgan fingerprint density at radius 1 is 1.00 bits per heavy atom. The number of carboxylic acid groups (broad SMARTS) is 1. The summed E-state index contributed by atoms with van der Waals surface area (Å²) in [5, 5.41) is 14.5. The summed E-state index contributed by atoms with van der Waals surface area (Å²) in [6.45, 7) is 6.30. The van der Waals surface area contributed by atoms with Crippen LogP contribution in [0.3, 0.4) is 0 Å². The van der Waals surface area contributed by atoms with Crippen molar-refractivity contribution in [3.05, 3.63) is 59.7 Å². The number of ether oxygens (including phenoxy) is 1. The highest BCUT2D eigenvalue weighted by atomic mass is 16.5. The van der Waals surface area contributed by atoms with Crippen LogP contribution >= 0.6 is 0 Å². The van der Waals surface area contributed by atoms with Crippen LogP contribution in [0.1, 0.15) is 69.9 Å². The van der Waals surface area contributed by atoms with Gasteiger partial charge in [-0.1, -0.05) is 61.9 Å². The highest BCUT2D eigenvalue weighted by Gasteiger charge is 2.30. The lowest BCUT2D eigenvalue weighted by Gasteiger charge is -2.26. The molecule has 1 unspecified atom stereocenters. The van der Waals surface area contributed by atoms with Crippen LogP contribution in [0.15, 0.2) is 48.5 Å². The normalized spacial score (nSPS) is 13.5. The number of fused-ring (bicyclic) bond motifs is 3. The molecule has 0 fully saturated rings. The van der Waals surface area contributed by atoms with Crippen LogP contribution in [-0.4, -0.2) is 41.8 Å². The molecule has 0 saturated heterocycles. The summed E-state index contributed by atoms with van der Waals surface area (Å²) in [5.74, 6) is -0.721. The molecule has 2 aromatic carbocycles. The zero-order chi connectivity index (χ0) is 25.4. The van der Waals surface area contributed by atoms with Crippen LogP contribution in [0, 0.1) is 5.92 Å². The molecule has 0 bridgehead atoms. The van der Waals surface area contributed by atoms with Crippen LogP contribution in [-0.2, 0) is 14.3 Å². The van der Waals surface area contributed by atoms with E-state index in [4.69, 9.17) is 9.84 Å². The summed E-state index contributed by atoms with van der Waals surface area (Å²) in [7, 11) is 0. The van der Waals surface area contributed by atoms with E-state index in [0.29, 0.717) is 13.0 Å². The number of amides is 2. The fraction of sp³-hybridized carbons (Fsp3) is 0.464. The molecule has 1 aliphatic rings. The lowest BCUT2D eigenvalue weighted by molar-refractivity contribution is -0.137. The van der Waals surface area contributed by atoms with E-state index in [0.717, 1.165) is 24.0 Å². The summed E-state index contributed by atoms with van der Waals surface area (Å²) in [5.41, 5.74) is 3.85. The van der Waals surface area contributed by atoms with Gasteiger partial charge in [-0.25, -0.2) is 4.79 Å². The zero-order valence-electron chi connectivity index (χ0n) is 20.8. The number of hydrogen-bond acceptors (Lipinski definition) is 4. The van der Waals surface area contributed by atoms with Crippen LogP contribution in [0.25, 0.3) is 11.1 Å². The molecule has 35 heavy (non-hydrogen) atoms. The van der Waals surface area contributed by atoms with Gasteiger partial charge in [0.15, 0.2) is 0 Å². The van der Waals surface area contributed by atoms with Gasteiger partial charge >= 0.3 is 12.1 Å². The summed E-state index contributed by atoms with van der Waals surface area (Å²) >= 11 is 0. The van der Waals surface area contributed by atoms with E-state index in [1.54, 1.807) is 13.8 Å². The number of carbonyl (C=O) groups is 3. The van der Waals surface area contributed by atoms with Gasteiger partial charge in [-0.15, -0.1) is 0 Å². The molecular weight excluding hydrogens is 444 g/mol. The van der Waals surface area contributed by atoms with Crippen molar-refractivity contribution >= 4 is 18.0 Å². The average molecular weight is 481 g/mol. The SMILES string of the molecule is CCC(CCNC(=O)CC(C)(C)NC(=O)OCC1c2ccccc2-c2ccccc21)CCC(=O)O. The number of carbonyl (C=O) groups excluding carboxylic acids is 2. The first-order valence-corrected chi connectivity index (χ1v) is 12.3. The topological polar surface area (TPSA) is 105 Å². The number of hydrogen-bond donors (Lipinski definition) is 3. The van der Waals surface area contributed by atoms with E-state index in [2.05, 4.69) is 34.9 Å². The molecule has 2 amide bonds. The Balaban J connectivity index is 1.46. The van der Waals surface area contributed by atoms with Crippen molar-refractivity contribution in [3.63, 3.8) is 0 Å². The number of benzene rings is 2. The first-order valence-electron chi connectivity index (χ1n) is 12.3. The van der Waals surface area contributed by atoms with Crippen molar-refractivity contribution in [2.24, 2.45) is 5.92 Å². The third kappa shape index (κ3) is 7.31. The fourth-order valence-corrected chi connectivity index (χ4v) is 4.71. The van der Waals surface area contributed by atoms with Gasteiger partial charge in [0.2, 0.25) is 5.91 Å². The highest BCUT2D eigenvalue weighted by Crippen LogP contribution is 2.44. The van der Waals surface area contributed by atoms with E-state index >= 15 is 0 Å². The Morgan fingerprint density at radius 2 is 1.60 bits per heavy atom. The Morgan fingerprint density at radius 3 is 2.17 bits per heavy atom. The number of carboxylic acids is 1. The number of alkyl carbamates (subject to hydrolysis) is 1. The minimum atomic E-state index is -0.798. The maximum absolute atomic E-state index is 12.6. The van der Waals surface area contributed by atoms with E-state index < -0.39 is 17.6 Å². The molecule has 7 heteroatoms. The highest BCUT2D eigenvalue weighted by molar-refractivity contribution is 5.80. The maximum Gasteiger partial charge on any atom is 0.407 e. The summed E-state index contributed by atoms with van der Waals surface area (Å²) in [4.78, 5) is 35.8. The average Bonchev–Trinajstić information content (AvgIpc) is 3.13. The smallest absolute Gasteiger partial charge is 0.407 e. The van der Waals surface area contributed by atoms with E-state index in [1.165, 1.54) is 11.1 Å². The van der Waals surface area contributed by atoms with E-state index in [1.807, 2.05) is 31.2 Å². The summed E-state index contributed by atoms with van der Waals surface area (Å²) in [6.07, 6.45) is 1.92. The van der Waals surface area contributed by atoms with Crippen molar-refractivity contribution in [3.8, 4) is 11.1 Å². The number of rotatable bonds is 12. The maximum atomic E-state index is 12.6. The van der Waals surface area contributed by atoms with Crippen molar-refractivity contribution in [1.82, 2.24) is 10.6 Å². The van der Waals surface area contributed by atoms with Gasteiger partial charge in [-0.2, -0.15) is 0 Å². The molecule has 2 aromatic rings. The van der Waals surface area contributed by atoms with Crippen LogP contribution in [0.2, 0.25) is 0 Å². The van der Waals surface area contributed by atoms with Gasteiger partial charge in [0.25, 0.3) is 0 Å². The molecule has 0 saturated carbocycles. The van der Waals surface area contributed by atoms with Crippen molar-refractivity contribution < 1.29 is 24.2 Å². The molecule has 0 aromatic heterocycles. The van der Waals surface area contributed by atoms with Crippen molar-refractivity contribution in [2.45, 2.75) is 64.3 Å². The van der Waals surface area contributed by atoms with Crippen molar-refractivity contribution in [1.29, 1.82) is 0 Å². The molecule has 1 aliphatic carbocycles. The Bertz CT molecular complexity index is 1000. The van der Waals surface area contributed by atoms with Gasteiger partial charge < -0.3 is 20.5 Å². The molecule has 3 rings (SSSR count). The van der Waals surface area contributed by atoms with Gasteiger partial charge in [-0.3, -0.25) is 9.59 Å². The largest absolute Gasteiger partial charge is 0.481 e. The quantitative estimate of drug-likeness (QED) is 0.392. The first-order chi connectivity index (χ1) is 16.7. The van der Waals surface area contributed by atoms with Crippen LogP contribution in [0.5, 0.6) is 0 Å². The molecule has 3 N–H and O–H groups in total. The third-order valence-corrected chi connectivity index (χ3v) is 6.61. The van der Waals surface area contributed by atoms with Crippen LogP contribution < -0.4 is 10.6 Å². The van der Waals surface area contributed by atoms with Gasteiger partial charge in [0.05, 0.1) is 0 Å². The minimum Gasteiger partial charge on any atom is -0.481 e. The van der Waals surface area contributed by atoms with Gasteiger partial charge in [0.1, 0.15) is 6.61 Å². The van der Waals surface area contributed by atoms with E-state index in [9.17, 15) is 14.4 Å². The fourth-order valence-electron chi connectivity index (χ4n) is 4.71. The molecule has 0 heterocycles. The predicted octanol–water partition coefficient (Wildman–Crippen LogP) is 5.09. The second-order valence-electron chi connectivity index (χ2n) is 9.86. The van der Waals surface area contributed by atoms with Crippen LogP contribution in [0.4, 0.5) is 4.79 Å². The Kier molecular flexibility index (Phi) is 8.90. The molecular formula is C28H36N2O5. The molecule has 0 radical (unpaired) electrons. The second kappa shape index (κ2) is 11.9. The summed E-state index contributed by atoms with van der Waals surface area (Å²) < 4.78 is 5.60. The first kappa shape index (κ1) is 26.3. The summed E-state index contributed by atoms with van der Waals surface area (Å²) in [6, 6.07) is 16.3. The minimum absolute atomic E-state index is 0.0211. The monoisotopic (exact) mass is 480 g/mol. The molecule has 1 atom stereocenters. The van der Waals surface area contributed by atoms with E-state index in [-0.39, 0.29) is 37.2 Å². The second-order valence-corrected chi connectivity index (χ2v) is 9.86. The Hall–Kier alpha value is -3.35. The molecule has 0 aliphatic heterocycles. The van der Waals surface area contributed by atoms with Gasteiger partial charge in [0, 0.05) is 30.8 Å². The lowest BCUT2D eigenvalue weighted by atomic mass is 9.96. The molecule has 7 nitrogen and oxygen atoms in total. The predicted molar refractivity (Wildman–Crippen MR) is 135 cm³/mol. The standard InChI is InChI=1S/C28H36N2O5/c1-4-19(13-14-26(32)33)15-16-29-25(31)17-28(2,3)30-27(34)35-18-24-22-11-7-5-9-20(22)21-10-6-8-12-23(21)24/h5-12,19,24H,4,13-18H2,1-3H3,(H,29,31)(H,30,34)(H,32,33).